The minimum absolute atomic E-state index is 0.818. The van der Waals surface area contributed by atoms with Gasteiger partial charge in [0.2, 0.25) is 0 Å². The quantitative estimate of drug-likeness (QED) is 0.433. The van der Waals surface area contributed by atoms with Gasteiger partial charge in [-0.15, -0.1) is 0 Å². The van der Waals surface area contributed by atoms with E-state index in [-0.39, 0.29) is 0 Å². The molecule has 3 atom stereocenters. The Morgan fingerprint density at radius 3 is 1.76 bits per heavy atom. The van der Waals surface area contributed by atoms with Crippen LogP contribution in [0.3, 0.4) is 0 Å². The number of hydrogen-bond acceptors (Lipinski definition) is 5. The second-order valence-electron chi connectivity index (χ2n) is 14.3. The van der Waals surface area contributed by atoms with Gasteiger partial charge < -0.3 is 24.9 Å². The predicted octanol–water partition coefficient (Wildman–Crippen LogP) is 5.69. The number of piperidine rings is 3. The lowest BCUT2D eigenvalue weighted by Crippen LogP contribution is -2.46. The van der Waals surface area contributed by atoms with E-state index in [4.69, 9.17) is 0 Å². The molecule has 0 aromatic carbocycles. The van der Waals surface area contributed by atoms with Gasteiger partial charge in [0.05, 0.1) is 0 Å². The average molecular weight is 532 g/mol. The van der Waals surface area contributed by atoms with Gasteiger partial charge in [0, 0.05) is 36.8 Å². The molecule has 1 aliphatic carbocycles. The molecule has 8 fully saturated rings. The van der Waals surface area contributed by atoms with Crippen molar-refractivity contribution in [3.63, 3.8) is 0 Å². The summed E-state index contributed by atoms with van der Waals surface area (Å²) in [5.41, 5.74) is 0. The fraction of sp³-hybridized carbons (Fsp3) is 1.00. The van der Waals surface area contributed by atoms with E-state index in [0.717, 1.165) is 42.0 Å². The van der Waals surface area contributed by atoms with E-state index in [9.17, 15) is 0 Å². The summed E-state index contributed by atoms with van der Waals surface area (Å²) in [4.78, 5) is 10.1. The molecule has 8 rings (SSSR count). The highest BCUT2D eigenvalue weighted by Crippen LogP contribution is 2.35. The highest BCUT2D eigenvalue weighted by molar-refractivity contribution is 4.93. The first-order chi connectivity index (χ1) is 18.4. The summed E-state index contributed by atoms with van der Waals surface area (Å²) in [6.45, 7) is 8.93. The van der Waals surface area contributed by atoms with Gasteiger partial charge in [-0.2, -0.15) is 0 Å². The van der Waals surface area contributed by atoms with Gasteiger partial charge in [-0.3, -0.25) is 0 Å². The molecule has 1 saturated carbocycles. The number of nitrogens with zero attached hydrogens (tertiary/aromatic N) is 4. The number of fused-ring (bicyclic) bond motifs is 6. The molecule has 8 aliphatic rings. The number of likely N-dealkylation sites (tertiary alicyclic amines) is 1. The maximum atomic E-state index is 3.55. The Morgan fingerprint density at radius 2 is 1.24 bits per heavy atom. The molecular weight excluding hydrogens is 466 g/mol. The zero-order valence-corrected chi connectivity index (χ0v) is 26.2. The van der Waals surface area contributed by atoms with Crippen LogP contribution in [0.15, 0.2) is 0 Å². The Kier molecular flexibility index (Phi) is 12.7. The van der Waals surface area contributed by atoms with Gasteiger partial charge in [-0.1, -0.05) is 26.2 Å². The topological polar surface area (TPSA) is 25.0 Å². The third-order valence-electron chi connectivity index (χ3n) is 11.4. The van der Waals surface area contributed by atoms with Crippen LogP contribution in [-0.2, 0) is 0 Å². The molecule has 38 heavy (non-hydrogen) atoms. The van der Waals surface area contributed by atoms with Crippen LogP contribution in [-0.4, -0.2) is 111 Å². The van der Waals surface area contributed by atoms with E-state index in [1.165, 1.54) is 135 Å². The molecule has 0 aromatic rings. The normalized spacial score (nSPS) is 39.9. The van der Waals surface area contributed by atoms with E-state index in [1.807, 2.05) is 0 Å². The van der Waals surface area contributed by atoms with E-state index in [2.05, 4.69) is 60.0 Å². The third-order valence-corrected chi connectivity index (χ3v) is 11.4. The van der Waals surface area contributed by atoms with Crippen LogP contribution in [0.25, 0.3) is 0 Å². The monoisotopic (exact) mass is 532 g/mol. The summed E-state index contributed by atoms with van der Waals surface area (Å²) in [6.07, 6.45) is 23.1. The van der Waals surface area contributed by atoms with Crippen molar-refractivity contribution >= 4 is 0 Å². The van der Waals surface area contributed by atoms with Crippen molar-refractivity contribution in [3.8, 4) is 0 Å². The number of hydrogen-bond donors (Lipinski definition) is 1. The largest absolute Gasteiger partial charge is 0.312 e. The van der Waals surface area contributed by atoms with Crippen LogP contribution in [0.4, 0.5) is 0 Å². The van der Waals surface area contributed by atoms with Crippen LogP contribution in [0.5, 0.6) is 0 Å². The molecule has 4 bridgehead atoms. The van der Waals surface area contributed by atoms with Crippen LogP contribution in [0.1, 0.15) is 110 Å². The molecule has 0 aromatic heterocycles. The molecule has 7 saturated heterocycles. The van der Waals surface area contributed by atoms with Crippen LogP contribution >= 0.6 is 0 Å². The number of likely N-dealkylation sites (N-methyl/N-ethyl adjacent to an activating group) is 1. The maximum absolute atomic E-state index is 3.55. The van der Waals surface area contributed by atoms with Gasteiger partial charge in [0.15, 0.2) is 0 Å². The van der Waals surface area contributed by atoms with Crippen molar-refractivity contribution < 1.29 is 0 Å². The molecule has 0 radical (unpaired) electrons. The zero-order valence-electron chi connectivity index (χ0n) is 26.2. The van der Waals surface area contributed by atoms with Gasteiger partial charge in [0.25, 0.3) is 0 Å². The second-order valence-corrected chi connectivity index (χ2v) is 14.3. The Hall–Kier alpha value is -0.200. The molecule has 0 spiro atoms. The highest BCUT2D eigenvalue weighted by atomic mass is 15.2. The molecule has 1 N–H and O–H groups in total. The number of nitrogens with one attached hydrogen (secondary N) is 1. The lowest BCUT2D eigenvalue weighted by Gasteiger charge is -2.43. The molecular formula is C33H65N5. The molecule has 7 aliphatic heterocycles. The summed E-state index contributed by atoms with van der Waals surface area (Å²) >= 11 is 0. The third kappa shape index (κ3) is 9.16. The molecule has 3 unspecified atom stereocenters. The van der Waals surface area contributed by atoms with Gasteiger partial charge >= 0.3 is 0 Å². The van der Waals surface area contributed by atoms with E-state index >= 15 is 0 Å². The van der Waals surface area contributed by atoms with Crippen molar-refractivity contribution in [1.82, 2.24) is 24.9 Å². The fourth-order valence-corrected chi connectivity index (χ4v) is 8.55. The van der Waals surface area contributed by atoms with E-state index < -0.39 is 0 Å². The minimum atomic E-state index is 0.818. The highest BCUT2D eigenvalue weighted by Gasteiger charge is 2.36. The van der Waals surface area contributed by atoms with E-state index in [0.29, 0.717) is 0 Å². The summed E-state index contributed by atoms with van der Waals surface area (Å²) < 4.78 is 0. The maximum Gasteiger partial charge on any atom is 0.0258 e. The molecule has 7 heterocycles. The van der Waals surface area contributed by atoms with Crippen molar-refractivity contribution in [1.29, 1.82) is 0 Å². The predicted molar refractivity (Wildman–Crippen MR) is 164 cm³/mol. The Balaban J connectivity index is 0.000000118. The van der Waals surface area contributed by atoms with Crippen molar-refractivity contribution in [3.05, 3.63) is 0 Å². The van der Waals surface area contributed by atoms with Crippen LogP contribution < -0.4 is 5.32 Å². The lowest BCUT2D eigenvalue weighted by molar-refractivity contribution is 0.0727. The molecule has 0 amide bonds. The van der Waals surface area contributed by atoms with Crippen LogP contribution in [0, 0.1) is 11.8 Å². The van der Waals surface area contributed by atoms with Crippen molar-refractivity contribution in [2.75, 3.05) is 60.9 Å². The smallest absolute Gasteiger partial charge is 0.0258 e. The summed E-state index contributed by atoms with van der Waals surface area (Å²) in [5.74, 6) is 2.01. The first-order valence-electron chi connectivity index (χ1n) is 16.9. The summed E-state index contributed by atoms with van der Waals surface area (Å²) in [6, 6.07) is 4.57. The Bertz CT molecular complexity index is 617. The lowest BCUT2D eigenvalue weighted by atomic mass is 9.80. The van der Waals surface area contributed by atoms with Gasteiger partial charge in [-0.05, 0) is 150 Å². The zero-order chi connectivity index (χ0) is 26.9. The molecule has 5 heteroatoms. The van der Waals surface area contributed by atoms with Crippen molar-refractivity contribution in [2.45, 2.75) is 140 Å². The first-order valence-corrected chi connectivity index (χ1v) is 16.9. The molecule has 5 nitrogen and oxygen atoms in total. The van der Waals surface area contributed by atoms with Gasteiger partial charge in [-0.25, -0.2) is 0 Å². The molecule has 222 valence electrons. The fourth-order valence-electron chi connectivity index (χ4n) is 8.55. The summed E-state index contributed by atoms with van der Waals surface area (Å²) in [5, 5.41) is 3.55. The number of rotatable bonds is 0. The Morgan fingerprint density at radius 1 is 0.553 bits per heavy atom. The average Bonchev–Trinajstić information content (AvgIpc) is 3.66. The first kappa shape index (κ1) is 30.8. The standard InChI is InChI=1S/C10H21N.C8H16N2.C8H15N.C7H13N/c1-10-6-4-3-5-8-11(2)9-7-10;1-10-6-2-3-7-8(10)4-5-9-7;1-9-6-7-2-4-8(9)5-3-7;1-8-6-2-3-7(8)5-4-6/h10H,3-9H2,1-2H3;7-9H,2-6H2,1H3;7-8H,2-6H2,1H3;6-7H,2-5H2,1H3. The van der Waals surface area contributed by atoms with E-state index in [1.54, 1.807) is 0 Å². The van der Waals surface area contributed by atoms with Crippen molar-refractivity contribution in [2.24, 2.45) is 11.8 Å². The Labute approximate surface area is 237 Å². The SMILES string of the molecule is CC1CCCCCN(C)CC1.CN1C2CCC1CC2.CN1CC2CCC1CC2.CN1CCCC2NCCC21. The van der Waals surface area contributed by atoms with Crippen LogP contribution in [0.2, 0.25) is 0 Å². The van der Waals surface area contributed by atoms with Gasteiger partial charge in [0.1, 0.15) is 0 Å². The minimum Gasteiger partial charge on any atom is -0.312 e. The second kappa shape index (κ2) is 15.7. The summed E-state index contributed by atoms with van der Waals surface area (Å²) in [7, 11) is 9.05.